The average Bonchev–Trinajstić information content (AvgIpc) is 2.81. The van der Waals surface area contributed by atoms with E-state index in [-0.39, 0.29) is 23.4 Å². The lowest BCUT2D eigenvalue weighted by molar-refractivity contribution is -0.121. The first-order valence-electron chi connectivity index (χ1n) is 11.0. The highest BCUT2D eigenvalue weighted by molar-refractivity contribution is 6.08. The molecule has 0 aromatic heterocycles. The number of benzene rings is 3. The summed E-state index contributed by atoms with van der Waals surface area (Å²) in [5.74, 6) is 0.167. The lowest BCUT2D eigenvalue weighted by atomic mass is 9.92. The fourth-order valence-corrected chi connectivity index (χ4v) is 4.33. The molecule has 8 nitrogen and oxygen atoms in total. The van der Waals surface area contributed by atoms with Gasteiger partial charge in [-0.3, -0.25) is 10.0 Å². The van der Waals surface area contributed by atoms with E-state index in [4.69, 9.17) is 9.47 Å². The van der Waals surface area contributed by atoms with Crippen molar-refractivity contribution in [2.45, 2.75) is 32.9 Å². The Morgan fingerprint density at radius 2 is 1.83 bits per heavy atom. The largest absolute Gasteiger partial charge is 0.733 e. The molecular formula is C26H27FN3O5-. The van der Waals surface area contributed by atoms with Gasteiger partial charge in [-0.15, -0.1) is 0 Å². The SMILES string of the molecule is COc1cc(F)ccc1-c1ccc2c(c1COc1cc(N([O-])O)ccc1C)N(C)C(=O)C(C)(C)N2. The number of rotatable bonds is 6. The molecule has 0 spiro atoms. The second-order valence-electron chi connectivity index (χ2n) is 8.96. The zero-order valence-corrected chi connectivity index (χ0v) is 20.2. The van der Waals surface area contributed by atoms with Gasteiger partial charge in [-0.1, -0.05) is 12.1 Å². The maximum absolute atomic E-state index is 13.9. The minimum absolute atomic E-state index is 0.0212. The van der Waals surface area contributed by atoms with Crippen LogP contribution in [0.25, 0.3) is 11.1 Å². The minimum atomic E-state index is -0.807. The number of halogens is 1. The summed E-state index contributed by atoms with van der Waals surface area (Å²) in [6.07, 6.45) is 0. The van der Waals surface area contributed by atoms with Gasteiger partial charge in [0.15, 0.2) is 0 Å². The normalized spacial score (nSPS) is 14.3. The van der Waals surface area contributed by atoms with E-state index in [9.17, 15) is 19.6 Å². The summed E-state index contributed by atoms with van der Waals surface area (Å²) in [5, 5.41) is 23.7. The molecule has 0 saturated heterocycles. The summed E-state index contributed by atoms with van der Waals surface area (Å²) >= 11 is 0. The quantitative estimate of drug-likeness (QED) is 0.465. The van der Waals surface area contributed by atoms with Crippen LogP contribution in [-0.2, 0) is 11.4 Å². The van der Waals surface area contributed by atoms with Crippen LogP contribution in [0.2, 0.25) is 0 Å². The van der Waals surface area contributed by atoms with E-state index in [1.807, 2.05) is 19.1 Å². The van der Waals surface area contributed by atoms with Gasteiger partial charge in [-0.2, -0.15) is 0 Å². The Hall–Kier alpha value is -3.82. The molecule has 0 saturated carbocycles. The van der Waals surface area contributed by atoms with Crippen molar-refractivity contribution in [3.8, 4) is 22.6 Å². The number of nitrogens with one attached hydrogen (secondary N) is 1. The Kier molecular flexibility index (Phi) is 6.31. The molecular weight excluding hydrogens is 453 g/mol. The first-order valence-corrected chi connectivity index (χ1v) is 11.0. The van der Waals surface area contributed by atoms with Crippen molar-refractivity contribution in [2.24, 2.45) is 0 Å². The van der Waals surface area contributed by atoms with Crippen molar-refractivity contribution in [3.63, 3.8) is 0 Å². The Balaban J connectivity index is 1.87. The van der Waals surface area contributed by atoms with Crippen molar-refractivity contribution in [3.05, 3.63) is 70.7 Å². The van der Waals surface area contributed by atoms with Crippen molar-refractivity contribution < 1.29 is 23.9 Å². The maximum atomic E-state index is 13.9. The van der Waals surface area contributed by atoms with Gasteiger partial charge in [-0.05, 0) is 56.2 Å². The molecule has 0 aliphatic carbocycles. The number of amides is 1. The Morgan fingerprint density at radius 3 is 2.51 bits per heavy atom. The first-order chi connectivity index (χ1) is 16.5. The van der Waals surface area contributed by atoms with Crippen LogP contribution >= 0.6 is 0 Å². The molecule has 35 heavy (non-hydrogen) atoms. The van der Waals surface area contributed by atoms with Crippen molar-refractivity contribution >= 4 is 23.0 Å². The number of hydrogen-bond donors (Lipinski definition) is 2. The van der Waals surface area contributed by atoms with Crippen LogP contribution in [0.1, 0.15) is 25.0 Å². The molecule has 1 aliphatic rings. The van der Waals surface area contributed by atoms with Gasteiger partial charge in [-0.25, -0.2) is 4.39 Å². The molecule has 0 unspecified atom stereocenters. The molecule has 3 aromatic carbocycles. The third-order valence-electron chi connectivity index (χ3n) is 6.12. The minimum Gasteiger partial charge on any atom is -0.733 e. The number of carbonyl (C=O) groups excluding carboxylic acids is 1. The smallest absolute Gasteiger partial charge is 0.251 e. The molecule has 0 radical (unpaired) electrons. The summed E-state index contributed by atoms with van der Waals surface area (Å²) in [5.41, 5.74) is 3.33. The number of hydrogen-bond acceptors (Lipinski definition) is 7. The number of carbonyl (C=O) groups is 1. The Bertz CT molecular complexity index is 1290. The first kappa shape index (κ1) is 24.3. The van der Waals surface area contributed by atoms with Crippen molar-refractivity contribution in [1.82, 2.24) is 0 Å². The van der Waals surface area contributed by atoms with Gasteiger partial charge in [0.05, 0.1) is 24.2 Å². The van der Waals surface area contributed by atoms with Crippen LogP contribution in [0.3, 0.4) is 0 Å². The third kappa shape index (κ3) is 4.48. The van der Waals surface area contributed by atoms with E-state index in [0.717, 1.165) is 11.3 Å². The van der Waals surface area contributed by atoms with E-state index in [0.29, 0.717) is 33.9 Å². The summed E-state index contributed by atoms with van der Waals surface area (Å²) in [6.45, 7) is 5.45. The van der Waals surface area contributed by atoms with Gasteiger partial charge in [0.1, 0.15) is 29.5 Å². The summed E-state index contributed by atoms with van der Waals surface area (Å²) in [6, 6.07) is 12.6. The number of ether oxygens (including phenoxy) is 2. The molecule has 0 bridgehead atoms. The van der Waals surface area contributed by atoms with E-state index in [2.05, 4.69) is 5.32 Å². The highest BCUT2D eigenvalue weighted by Gasteiger charge is 2.38. The van der Waals surface area contributed by atoms with Gasteiger partial charge < -0.3 is 30.1 Å². The van der Waals surface area contributed by atoms with Crippen LogP contribution in [0.15, 0.2) is 48.5 Å². The standard InChI is InChI=1S/C26H27FN3O5/c1-15-6-8-17(30(32)33)13-22(15)35-14-20-18(19-9-7-16(27)12-23(19)34-5)10-11-21-24(20)29(4)25(31)26(2,3)28-21/h6-13,28,32H,14H2,1-5H3/q-1. The van der Waals surface area contributed by atoms with Crippen LogP contribution in [-0.4, -0.2) is 30.8 Å². The zero-order chi connectivity index (χ0) is 25.5. The Labute approximate surface area is 203 Å². The molecule has 1 amide bonds. The topological polar surface area (TPSA) is 97.3 Å². The van der Waals surface area contributed by atoms with E-state index >= 15 is 0 Å². The molecule has 0 atom stereocenters. The second kappa shape index (κ2) is 9.09. The zero-order valence-electron chi connectivity index (χ0n) is 20.2. The lowest BCUT2D eigenvalue weighted by Gasteiger charge is -2.39. The lowest BCUT2D eigenvalue weighted by Crippen LogP contribution is -2.52. The number of anilines is 3. The molecule has 0 fully saturated rings. The number of nitrogens with zero attached hydrogens (tertiary/aromatic N) is 2. The van der Waals surface area contributed by atoms with Crippen LogP contribution in [0.4, 0.5) is 21.5 Å². The molecule has 4 rings (SSSR count). The number of aryl methyl sites for hydroxylation is 1. The number of fused-ring (bicyclic) bond motifs is 1. The Morgan fingerprint density at radius 1 is 1.11 bits per heavy atom. The second-order valence-corrected chi connectivity index (χ2v) is 8.96. The molecule has 3 aromatic rings. The van der Waals surface area contributed by atoms with Gasteiger partial charge in [0.2, 0.25) is 0 Å². The molecule has 9 heteroatoms. The van der Waals surface area contributed by atoms with E-state index in [1.54, 1.807) is 37.9 Å². The number of methoxy groups -OCH3 is 1. The maximum Gasteiger partial charge on any atom is 0.251 e. The monoisotopic (exact) mass is 480 g/mol. The van der Waals surface area contributed by atoms with Crippen LogP contribution in [0, 0.1) is 17.9 Å². The fraction of sp³-hybridized carbons (Fsp3) is 0.269. The third-order valence-corrected chi connectivity index (χ3v) is 6.12. The average molecular weight is 481 g/mol. The molecule has 1 aliphatic heterocycles. The molecule has 2 N–H and O–H groups in total. The number of likely N-dealkylation sites (N-methyl/N-ethyl adjacent to an activating group) is 1. The van der Waals surface area contributed by atoms with Crippen molar-refractivity contribution in [2.75, 3.05) is 29.6 Å². The summed E-state index contributed by atoms with van der Waals surface area (Å²) < 4.78 is 25.5. The van der Waals surface area contributed by atoms with E-state index < -0.39 is 11.4 Å². The van der Waals surface area contributed by atoms with Crippen molar-refractivity contribution in [1.29, 1.82) is 0 Å². The fourth-order valence-electron chi connectivity index (χ4n) is 4.33. The molecule has 184 valence electrons. The molecule has 1 heterocycles. The van der Waals surface area contributed by atoms with Crippen LogP contribution < -0.4 is 24.9 Å². The predicted octanol–water partition coefficient (Wildman–Crippen LogP) is 5.25. The van der Waals surface area contributed by atoms with E-state index in [1.165, 1.54) is 31.4 Å². The van der Waals surface area contributed by atoms with Gasteiger partial charge in [0.25, 0.3) is 5.91 Å². The highest BCUT2D eigenvalue weighted by atomic mass is 19.1. The van der Waals surface area contributed by atoms with Crippen LogP contribution in [0.5, 0.6) is 11.5 Å². The van der Waals surface area contributed by atoms with Gasteiger partial charge >= 0.3 is 0 Å². The highest BCUT2D eigenvalue weighted by Crippen LogP contribution is 2.44. The summed E-state index contributed by atoms with van der Waals surface area (Å²) in [4.78, 5) is 14.7. The predicted molar refractivity (Wildman–Crippen MR) is 133 cm³/mol. The van der Waals surface area contributed by atoms with Gasteiger partial charge in [0, 0.05) is 30.3 Å². The summed E-state index contributed by atoms with van der Waals surface area (Å²) in [7, 11) is 3.16.